The van der Waals surface area contributed by atoms with Crippen LogP contribution in [0.25, 0.3) is 38.3 Å². The van der Waals surface area contributed by atoms with Crippen molar-refractivity contribution in [3.05, 3.63) is 60.7 Å². The van der Waals surface area contributed by atoms with Gasteiger partial charge in [-0.15, -0.1) is 14.5 Å². The van der Waals surface area contributed by atoms with Crippen LogP contribution in [0.2, 0.25) is 0 Å². The second kappa shape index (κ2) is 7.70. The number of fused-ring (bicyclic) bond motifs is 4. The highest BCUT2D eigenvalue weighted by Crippen LogP contribution is 2.33. The average molecular weight is 471 g/mol. The molecule has 12 heteroatoms. The Kier molecular flexibility index (Phi) is 4.97. The van der Waals surface area contributed by atoms with Gasteiger partial charge in [0.05, 0.1) is 22.6 Å². The van der Waals surface area contributed by atoms with Crippen molar-refractivity contribution in [3.8, 4) is 11.4 Å². The maximum Gasteiger partial charge on any atom is 0.294 e. The fourth-order valence-corrected chi connectivity index (χ4v) is 4.46. The zero-order valence-electron chi connectivity index (χ0n) is 15.9. The largest absolute Gasteiger partial charge is 0.507 e. The van der Waals surface area contributed by atoms with E-state index in [2.05, 4.69) is 19.6 Å². The summed E-state index contributed by atoms with van der Waals surface area (Å²) < 4.78 is 36.5. The first-order chi connectivity index (χ1) is 15.3. The first-order valence-electron chi connectivity index (χ1n) is 9.03. The van der Waals surface area contributed by atoms with Crippen LogP contribution in [0.1, 0.15) is 0 Å². The number of phenols is 1. The maximum absolute atomic E-state index is 11.4. The first kappa shape index (κ1) is 20.6. The topological polar surface area (TPSA) is 144 Å². The Morgan fingerprint density at radius 1 is 0.906 bits per heavy atom. The van der Waals surface area contributed by atoms with E-state index in [1.54, 1.807) is 42.5 Å². The van der Waals surface area contributed by atoms with Crippen LogP contribution in [0.5, 0.6) is 5.75 Å². The molecule has 5 aromatic rings. The molecule has 0 amide bonds. The molecule has 0 aliphatic rings. The Morgan fingerprint density at radius 3 is 2.50 bits per heavy atom. The summed E-state index contributed by atoms with van der Waals surface area (Å²) in [7, 11) is -4.31. The molecule has 0 unspecified atom stereocenters. The van der Waals surface area contributed by atoms with Crippen molar-refractivity contribution < 1.29 is 32.7 Å². The molecule has 1 heterocycles. The summed E-state index contributed by atoms with van der Waals surface area (Å²) >= 11 is 0.728. The molecular formula is C20H13N3O7S2. The number of aromatic hydroxyl groups is 1. The van der Waals surface area contributed by atoms with Gasteiger partial charge < -0.3 is 5.11 Å². The predicted molar refractivity (Wildman–Crippen MR) is 116 cm³/mol. The molecule has 3 N–H and O–H groups in total. The van der Waals surface area contributed by atoms with Crippen molar-refractivity contribution in [2.45, 2.75) is 9.79 Å². The van der Waals surface area contributed by atoms with Crippen LogP contribution >= 0.6 is 12.0 Å². The highest BCUT2D eigenvalue weighted by atomic mass is 32.2. The quantitative estimate of drug-likeness (QED) is 0.148. The van der Waals surface area contributed by atoms with Crippen LogP contribution in [0.3, 0.4) is 0 Å². The molecule has 0 saturated carbocycles. The monoisotopic (exact) mass is 471 g/mol. The Hall–Kier alpha value is -3.26. The Morgan fingerprint density at radius 2 is 1.72 bits per heavy atom. The maximum atomic E-state index is 11.4. The van der Waals surface area contributed by atoms with Gasteiger partial charge in [0.2, 0.25) is 0 Å². The molecule has 0 atom stereocenters. The van der Waals surface area contributed by atoms with Crippen molar-refractivity contribution in [2.75, 3.05) is 0 Å². The van der Waals surface area contributed by atoms with Gasteiger partial charge in [0.15, 0.2) is 0 Å². The molecule has 0 aliphatic heterocycles. The number of phenolic OH excluding ortho intramolecular Hbond substituents is 1. The lowest BCUT2D eigenvalue weighted by Gasteiger charge is -2.06. The minimum atomic E-state index is -4.31. The van der Waals surface area contributed by atoms with E-state index in [0.717, 1.165) is 12.0 Å². The van der Waals surface area contributed by atoms with E-state index < -0.39 is 10.1 Å². The van der Waals surface area contributed by atoms with E-state index in [1.165, 1.54) is 23.0 Å². The number of hydrogen-bond acceptors (Lipinski definition) is 9. The van der Waals surface area contributed by atoms with Gasteiger partial charge in [-0.25, -0.2) is 5.26 Å². The standard InChI is InChI=1S/C20H13N3O7S2/c24-19-10-14(31-30-29-25)8-12-7-13(2-4-16(12)19)23-21-18-6-1-11-9-15(32(26,27)28)3-5-17(11)20(18)22-23/h1-10,24-25H,(H,26,27,28). The highest BCUT2D eigenvalue weighted by Gasteiger charge is 2.14. The third-order valence-corrected chi connectivity index (χ3v) is 6.32. The summed E-state index contributed by atoms with van der Waals surface area (Å²) in [5.41, 5.74) is 1.78. The zero-order valence-corrected chi connectivity index (χ0v) is 17.5. The second-order valence-corrected chi connectivity index (χ2v) is 9.05. The normalized spacial score (nSPS) is 12.2. The molecule has 5 rings (SSSR count). The van der Waals surface area contributed by atoms with Crippen LogP contribution in [-0.2, 0) is 19.5 Å². The summed E-state index contributed by atoms with van der Waals surface area (Å²) in [6, 6.07) is 16.1. The highest BCUT2D eigenvalue weighted by molar-refractivity contribution is 7.94. The first-order valence-corrected chi connectivity index (χ1v) is 11.2. The van der Waals surface area contributed by atoms with E-state index >= 15 is 0 Å². The smallest absolute Gasteiger partial charge is 0.294 e. The van der Waals surface area contributed by atoms with Crippen LogP contribution in [0, 0.1) is 0 Å². The minimum Gasteiger partial charge on any atom is -0.507 e. The summed E-state index contributed by atoms with van der Waals surface area (Å²) in [5.74, 6) is 0.0253. The molecule has 0 aliphatic carbocycles. The van der Waals surface area contributed by atoms with Crippen molar-refractivity contribution in [1.29, 1.82) is 0 Å². The van der Waals surface area contributed by atoms with Crippen molar-refractivity contribution in [1.82, 2.24) is 15.0 Å². The average Bonchev–Trinajstić information content (AvgIpc) is 3.21. The lowest BCUT2D eigenvalue weighted by molar-refractivity contribution is -0.432. The van der Waals surface area contributed by atoms with E-state index in [4.69, 9.17) is 5.26 Å². The fraction of sp³-hybridized carbons (Fsp3) is 0. The lowest BCUT2D eigenvalue weighted by atomic mass is 10.1. The molecular weight excluding hydrogens is 458 g/mol. The summed E-state index contributed by atoms with van der Waals surface area (Å²) in [4.78, 5) is 1.74. The van der Waals surface area contributed by atoms with Crippen LogP contribution in [0.4, 0.5) is 0 Å². The molecule has 32 heavy (non-hydrogen) atoms. The molecule has 10 nitrogen and oxygen atoms in total. The van der Waals surface area contributed by atoms with Crippen LogP contribution in [0.15, 0.2) is 70.5 Å². The molecule has 0 fully saturated rings. The van der Waals surface area contributed by atoms with Gasteiger partial charge in [0.1, 0.15) is 16.8 Å². The minimum absolute atomic E-state index is 0.0253. The van der Waals surface area contributed by atoms with Crippen molar-refractivity contribution >= 4 is 54.7 Å². The van der Waals surface area contributed by atoms with Gasteiger partial charge in [-0.1, -0.05) is 17.2 Å². The molecule has 0 saturated heterocycles. The fourth-order valence-electron chi connectivity index (χ4n) is 3.50. The number of rotatable bonds is 5. The Labute approximate surface area is 184 Å². The SMILES string of the molecule is O=S(=O)(O)c1ccc2c(ccc3nn(-c4ccc5c(O)cc(SOOO)cc5c4)nc32)c1. The third-order valence-electron chi connectivity index (χ3n) is 4.92. The molecule has 4 aromatic carbocycles. The van der Waals surface area contributed by atoms with Crippen molar-refractivity contribution in [2.24, 2.45) is 0 Å². The summed E-state index contributed by atoms with van der Waals surface area (Å²) in [5, 5.41) is 33.8. The van der Waals surface area contributed by atoms with Crippen LogP contribution < -0.4 is 0 Å². The number of nitrogens with zero attached hydrogens (tertiary/aromatic N) is 3. The van der Waals surface area contributed by atoms with Crippen molar-refractivity contribution in [3.63, 3.8) is 0 Å². The number of hydrogen-bond donors (Lipinski definition) is 3. The number of aromatic nitrogens is 3. The molecule has 0 bridgehead atoms. The van der Waals surface area contributed by atoms with Gasteiger partial charge >= 0.3 is 0 Å². The van der Waals surface area contributed by atoms with E-state index in [-0.39, 0.29) is 10.6 Å². The van der Waals surface area contributed by atoms with E-state index in [1.807, 2.05) is 0 Å². The van der Waals surface area contributed by atoms with Gasteiger partial charge in [-0.3, -0.25) is 4.55 Å². The van der Waals surface area contributed by atoms with Gasteiger partial charge in [-0.05, 0) is 59.3 Å². The van der Waals surface area contributed by atoms with Gasteiger partial charge in [-0.2, -0.15) is 13.2 Å². The zero-order chi connectivity index (χ0) is 22.5. The Balaban J connectivity index is 1.62. The molecule has 1 aromatic heterocycles. The van der Waals surface area contributed by atoms with E-state index in [9.17, 15) is 18.1 Å². The molecule has 0 radical (unpaired) electrons. The predicted octanol–water partition coefficient (Wildman–Crippen LogP) is 4.11. The van der Waals surface area contributed by atoms with Crippen LogP contribution in [-0.4, -0.2) is 38.3 Å². The van der Waals surface area contributed by atoms with E-state index in [0.29, 0.717) is 43.2 Å². The second-order valence-electron chi connectivity index (χ2n) is 6.85. The summed E-state index contributed by atoms with van der Waals surface area (Å²) in [6.45, 7) is 0. The summed E-state index contributed by atoms with van der Waals surface area (Å²) in [6.07, 6.45) is 0. The lowest BCUT2D eigenvalue weighted by Crippen LogP contribution is -1.98. The molecule has 162 valence electrons. The third kappa shape index (κ3) is 3.64. The van der Waals surface area contributed by atoms with Gasteiger partial charge in [0, 0.05) is 15.7 Å². The molecule has 0 spiro atoms. The number of benzene rings is 4. The van der Waals surface area contributed by atoms with Gasteiger partial charge in [0.25, 0.3) is 10.1 Å². The Bertz CT molecular complexity index is 1620.